The Hall–Kier alpha value is -2.44. The van der Waals surface area contributed by atoms with Gasteiger partial charge in [0.1, 0.15) is 5.82 Å². The summed E-state index contributed by atoms with van der Waals surface area (Å²) in [6.45, 7) is 3.66. The van der Waals surface area contributed by atoms with E-state index in [9.17, 15) is 14.0 Å². The van der Waals surface area contributed by atoms with Crippen LogP contribution in [0.3, 0.4) is 0 Å². The lowest BCUT2D eigenvalue weighted by Gasteiger charge is -2.20. The minimum absolute atomic E-state index is 0. The maximum atomic E-state index is 14.7. The van der Waals surface area contributed by atoms with E-state index in [2.05, 4.69) is 10.6 Å². The number of nitrogens with zero attached hydrogens (tertiary/aromatic N) is 1. The van der Waals surface area contributed by atoms with E-state index in [-0.39, 0.29) is 42.1 Å². The molecule has 2 aliphatic rings. The zero-order valence-electron chi connectivity index (χ0n) is 15.6. The van der Waals surface area contributed by atoms with Crippen LogP contribution in [0.1, 0.15) is 23.1 Å². The van der Waals surface area contributed by atoms with Crippen LogP contribution in [0.5, 0.6) is 0 Å². The minimum Gasteiger partial charge on any atom is -0.323 e. The molecule has 1 fully saturated rings. The van der Waals surface area contributed by atoms with Crippen molar-refractivity contribution in [2.24, 2.45) is 5.92 Å². The molecule has 5 nitrogen and oxygen atoms in total. The van der Waals surface area contributed by atoms with E-state index in [0.717, 1.165) is 23.4 Å². The predicted molar refractivity (Wildman–Crippen MR) is 109 cm³/mol. The highest BCUT2D eigenvalue weighted by atomic mass is 35.5. The largest absolute Gasteiger partial charge is 0.323 e. The number of benzene rings is 2. The van der Waals surface area contributed by atoms with E-state index in [1.165, 1.54) is 0 Å². The molecular formula is C21H23ClFN3O2. The van der Waals surface area contributed by atoms with Crippen molar-refractivity contribution in [3.05, 3.63) is 58.9 Å². The van der Waals surface area contributed by atoms with E-state index < -0.39 is 5.92 Å². The molecule has 0 aromatic heterocycles. The third-order valence-corrected chi connectivity index (χ3v) is 5.31. The van der Waals surface area contributed by atoms with Crippen molar-refractivity contribution in [1.82, 2.24) is 5.32 Å². The molecule has 1 unspecified atom stereocenters. The molecule has 2 aromatic carbocycles. The summed E-state index contributed by atoms with van der Waals surface area (Å²) in [6, 6.07) is 11.1. The van der Waals surface area contributed by atoms with E-state index in [4.69, 9.17) is 0 Å². The van der Waals surface area contributed by atoms with Gasteiger partial charge in [0.05, 0.1) is 11.6 Å². The molecular weight excluding hydrogens is 381 g/mol. The molecule has 148 valence electrons. The zero-order chi connectivity index (χ0) is 19.0. The molecule has 2 N–H and O–H groups in total. The molecule has 0 spiro atoms. The lowest BCUT2D eigenvalue weighted by atomic mass is 9.99. The fourth-order valence-electron chi connectivity index (χ4n) is 3.72. The average Bonchev–Trinajstić information content (AvgIpc) is 3.07. The second kappa shape index (κ2) is 8.29. The molecule has 0 bridgehead atoms. The molecule has 1 saturated heterocycles. The molecule has 0 saturated carbocycles. The standard InChI is InChI=1S/C21H22FN3O2.ClH/c1-13-2-5-16(6-3-13)25-12-15(10-19(25)26)21(27)24-18-7-4-14-11-23-9-8-17(14)20(18)22;/h2-7,15,23H,8-12H2,1H3,(H,24,27);1H. The summed E-state index contributed by atoms with van der Waals surface area (Å²) in [4.78, 5) is 26.6. The number of amides is 2. The van der Waals surface area contributed by atoms with Gasteiger partial charge < -0.3 is 15.5 Å². The number of fused-ring (bicyclic) bond motifs is 1. The molecule has 0 radical (unpaired) electrons. The Labute approximate surface area is 169 Å². The maximum absolute atomic E-state index is 14.7. The van der Waals surface area contributed by atoms with Crippen molar-refractivity contribution >= 4 is 35.6 Å². The smallest absolute Gasteiger partial charge is 0.229 e. The molecule has 4 rings (SSSR count). The predicted octanol–water partition coefficient (Wildman–Crippen LogP) is 3.19. The fraction of sp³-hybridized carbons (Fsp3) is 0.333. The maximum Gasteiger partial charge on any atom is 0.229 e. The van der Waals surface area contributed by atoms with Crippen molar-refractivity contribution in [3.63, 3.8) is 0 Å². The Kier molecular flexibility index (Phi) is 6.01. The number of hydrogen-bond donors (Lipinski definition) is 2. The molecule has 2 aromatic rings. The van der Waals surface area contributed by atoms with Gasteiger partial charge in [0.2, 0.25) is 11.8 Å². The number of carbonyl (C=O) groups excluding carboxylic acids is 2. The highest BCUT2D eigenvalue weighted by Gasteiger charge is 2.35. The summed E-state index contributed by atoms with van der Waals surface area (Å²) >= 11 is 0. The van der Waals surface area contributed by atoms with Gasteiger partial charge in [-0.05, 0) is 49.2 Å². The van der Waals surface area contributed by atoms with Crippen molar-refractivity contribution in [1.29, 1.82) is 0 Å². The van der Waals surface area contributed by atoms with Gasteiger partial charge in [-0.1, -0.05) is 23.8 Å². The van der Waals surface area contributed by atoms with Gasteiger partial charge in [-0.25, -0.2) is 4.39 Å². The molecule has 2 heterocycles. The summed E-state index contributed by atoms with van der Waals surface area (Å²) in [5.74, 6) is -1.25. The molecule has 2 amide bonds. The molecule has 0 aliphatic carbocycles. The van der Waals surface area contributed by atoms with Crippen LogP contribution >= 0.6 is 12.4 Å². The highest BCUT2D eigenvalue weighted by Crippen LogP contribution is 2.28. The number of carbonyl (C=O) groups is 2. The summed E-state index contributed by atoms with van der Waals surface area (Å²) in [6.07, 6.45) is 0.740. The van der Waals surface area contributed by atoms with Crippen molar-refractivity contribution in [2.75, 3.05) is 23.3 Å². The number of halogens is 2. The summed E-state index contributed by atoms with van der Waals surface area (Å²) in [7, 11) is 0. The fourth-order valence-corrected chi connectivity index (χ4v) is 3.72. The summed E-state index contributed by atoms with van der Waals surface area (Å²) in [5, 5.41) is 5.90. The molecule has 7 heteroatoms. The van der Waals surface area contributed by atoms with Crippen molar-refractivity contribution < 1.29 is 14.0 Å². The van der Waals surface area contributed by atoms with Crippen LogP contribution in [0, 0.1) is 18.7 Å². The van der Waals surface area contributed by atoms with Gasteiger partial charge in [-0.3, -0.25) is 9.59 Å². The van der Waals surface area contributed by atoms with E-state index >= 15 is 0 Å². The number of hydrogen-bond acceptors (Lipinski definition) is 3. The molecule has 2 aliphatic heterocycles. The first-order chi connectivity index (χ1) is 13.0. The van der Waals surface area contributed by atoms with Crippen LogP contribution in [-0.2, 0) is 22.6 Å². The molecule has 28 heavy (non-hydrogen) atoms. The second-order valence-corrected chi connectivity index (χ2v) is 7.22. The van der Waals surface area contributed by atoms with E-state index in [1.807, 2.05) is 37.3 Å². The van der Waals surface area contributed by atoms with Crippen LogP contribution in [0.25, 0.3) is 0 Å². The van der Waals surface area contributed by atoms with Crippen LogP contribution in [0.4, 0.5) is 15.8 Å². The second-order valence-electron chi connectivity index (χ2n) is 7.22. The van der Waals surface area contributed by atoms with Gasteiger partial charge >= 0.3 is 0 Å². The van der Waals surface area contributed by atoms with Crippen LogP contribution < -0.4 is 15.5 Å². The van der Waals surface area contributed by atoms with Gasteiger partial charge in [0, 0.05) is 25.2 Å². The van der Waals surface area contributed by atoms with Gasteiger partial charge in [0.15, 0.2) is 0 Å². The zero-order valence-corrected chi connectivity index (χ0v) is 16.4. The normalized spacial score (nSPS) is 18.4. The van der Waals surface area contributed by atoms with Crippen LogP contribution in [-0.4, -0.2) is 24.9 Å². The highest BCUT2D eigenvalue weighted by molar-refractivity contribution is 6.03. The average molecular weight is 404 g/mol. The summed E-state index contributed by atoms with van der Waals surface area (Å²) in [5.41, 5.74) is 3.68. The number of aryl methyl sites for hydroxylation is 1. The number of rotatable bonds is 3. The Morgan fingerprint density at radius 3 is 2.71 bits per heavy atom. The number of anilines is 2. The van der Waals surface area contributed by atoms with E-state index in [0.29, 0.717) is 25.1 Å². The van der Waals surface area contributed by atoms with Gasteiger partial charge in [0.25, 0.3) is 0 Å². The SMILES string of the molecule is Cc1ccc(N2CC(C(=O)Nc3ccc4c(c3F)CCNC4)CC2=O)cc1.Cl. The first kappa shape index (κ1) is 20.3. The topological polar surface area (TPSA) is 61.4 Å². The van der Waals surface area contributed by atoms with Crippen LogP contribution in [0.2, 0.25) is 0 Å². The van der Waals surface area contributed by atoms with Crippen molar-refractivity contribution in [3.8, 4) is 0 Å². The third-order valence-electron chi connectivity index (χ3n) is 5.31. The summed E-state index contributed by atoms with van der Waals surface area (Å²) < 4.78 is 14.7. The Balaban J connectivity index is 0.00000225. The Morgan fingerprint density at radius 1 is 1.21 bits per heavy atom. The first-order valence-corrected chi connectivity index (χ1v) is 9.22. The lowest BCUT2D eigenvalue weighted by Crippen LogP contribution is -2.29. The van der Waals surface area contributed by atoms with Gasteiger partial charge in [-0.15, -0.1) is 12.4 Å². The van der Waals surface area contributed by atoms with Gasteiger partial charge in [-0.2, -0.15) is 0 Å². The lowest BCUT2D eigenvalue weighted by molar-refractivity contribution is -0.122. The third kappa shape index (κ3) is 3.88. The van der Waals surface area contributed by atoms with Crippen molar-refractivity contribution in [2.45, 2.75) is 26.3 Å². The molecule has 1 atom stereocenters. The quantitative estimate of drug-likeness (QED) is 0.827. The monoisotopic (exact) mass is 403 g/mol. The Morgan fingerprint density at radius 2 is 1.96 bits per heavy atom. The van der Waals surface area contributed by atoms with E-state index in [1.54, 1.807) is 11.0 Å². The number of nitrogens with one attached hydrogen (secondary N) is 2. The minimum atomic E-state index is -0.490. The first-order valence-electron chi connectivity index (χ1n) is 9.22. The Bertz CT molecular complexity index is 901. The van der Waals surface area contributed by atoms with Crippen LogP contribution in [0.15, 0.2) is 36.4 Å².